The Bertz CT molecular complexity index is 433. The number of hydrogen-bond donors (Lipinski definition) is 1. The van der Waals surface area contributed by atoms with Gasteiger partial charge in [-0.2, -0.15) is 13.2 Å². The highest BCUT2D eigenvalue weighted by Crippen LogP contribution is 2.29. The molecule has 1 aromatic rings. The summed E-state index contributed by atoms with van der Waals surface area (Å²) < 4.78 is 40.7. The largest absolute Gasteiger partial charge is 0.411 e. The summed E-state index contributed by atoms with van der Waals surface area (Å²) in [6, 6.07) is 8.01. The van der Waals surface area contributed by atoms with Crippen LogP contribution in [0.15, 0.2) is 24.3 Å². The quantitative estimate of drug-likeness (QED) is 0.619. The first kappa shape index (κ1) is 15.1. The molecule has 1 aromatic carbocycles. The van der Waals surface area contributed by atoms with Gasteiger partial charge in [-0.15, -0.1) is 0 Å². The van der Waals surface area contributed by atoms with E-state index in [9.17, 15) is 13.2 Å². The highest BCUT2D eigenvalue weighted by atomic mass is 19.4. The van der Waals surface area contributed by atoms with Gasteiger partial charge in [0.1, 0.15) is 6.61 Å². The van der Waals surface area contributed by atoms with Crippen LogP contribution in [-0.2, 0) is 11.3 Å². The number of anilines is 1. The molecule has 0 saturated heterocycles. The number of benzene rings is 1. The Morgan fingerprint density at radius 1 is 1.25 bits per heavy atom. The van der Waals surface area contributed by atoms with E-state index in [4.69, 9.17) is 5.73 Å². The molecule has 0 spiro atoms. The van der Waals surface area contributed by atoms with Crippen molar-refractivity contribution >= 4 is 5.69 Å². The van der Waals surface area contributed by atoms with Crippen molar-refractivity contribution < 1.29 is 17.9 Å². The van der Waals surface area contributed by atoms with E-state index in [-0.39, 0.29) is 6.61 Å². The predicted molar refractivity (Wildman–Crippen MR) is 71.2 cm³/mol. The van der Waals surface area contributed by atoms with Gasteiger partial charge in [0, 0.05) is 24.8 Å². The summed E-state index contributed by atoms with van der Waals surface area (Å²) in [7, 11) is 0. The van der Waals surface area contributed by atoms with E-state index in [1.807, 2.05) is 24.3 Å². The van der Waals surface area contributed by atoms with Gasteiger partial charge in [-0.25, -0.2) is 0 Å². The lowest BCUT2D eigenvalue weighted by Gasteiger charge is -2.23. The maximum Gasteiger partial charge on any atom is 0.411 e. The molecule has 0 atom stereocenters. The van der Waals surface area contributed by atoms with Crippen molar-refractivity contribution in [2.45, 2.75) is 31.6 Å². The second-order valence-electron chi connectivity index (χ2n) is 5.07. The van der Waals surface area contributed by atoms with Gasteiger partial charge in [0.2, 0.25) is 0 Å². The Labute approximate surface area is 116 Å². The minimum absolute atomic E-state index is 0.0861. The number of alkyl halides is 3. The molecule has 2 rings (SSSR count). The maximum absolute atomic E-state index is 12.0. The lowest BCUT2D eigenvalue weighted by molar-refractivity contribution is -0.174. The third-order valence-corrected chi connectivity index (χ3v) is 3.28. The number of nitrogens with zero attached hydrogens (tertiary/aromatic N) is 1. The fourth-order valence-corrected chi connectivity index (χ4v) is 2.10. The van der Waals surface area contributed by atoms with Crippen molar-refractivity contribution in [2.24, 2.45) is 0 Å². The Balaban J connectivity index is 1.81. The Hall–Kier alpha value is -1.27. The van der Waals surface area contributed by atoms with Gasteiger partial charge < -0.3 is 10.5 Å². The molecular formula is C14H19F3N2O. The minimum atomic E-state index is -4.26. The Kier molecular flexibility index (Phi) is 4.88. The van der Waals surface area contributed by atoms with Crippen LogP contribution < -0.4 is 5.73 Å². The third-order valence-electron chi connectivity index (χ3n) is 3.28. The molecule has 1 fully saturated rings. The molecule has 1 saturated carbocycles. The third kappa shape index (κ3) is 5.02. The fraction of sp³-hybridized carbons (Fsp3) is 0.571. The molecule has 0 aliphatic heterocycles. The van der Waals surface area contributed by atoms with Gasteiger partial charge in [0.15, 0.2) is 0 Å². The summed E-state index contributed by atoms with van der Waals surface area (Å²) in [5, 5.41) is 0. The highest BCUT2D eigenvalue weighted by molar-refractivity contribution is 5.46. The zero-order chi connectivity index (χ0) is 14.6. The number of ether oxygens (including phenoxy) is 1. The van der Waals surface area contributed by atoms with Crippen LogP contribution in [0.2, 0.25) is 0 Å². The Morgan fingerprint density at radius 2 is 1.95 bits per heavy atom. The summed E-state index contributed by atoms with van der Waals surface area (Å²) in [6.07, 6.45) is -2.08. The minimum Gasteiger partial charge on any atom is -0.398 e. The van der Waals surface area contributed by atoms with Crippen molar-refractivity contribution in [3.8, 4) is 0 Å². The molecule has 0 bridgehead atoms. The highest BCUT2D eigenvalue weighted by Gasteiger charge is 2.30. The van der Waals surface area contributed by atoms with Crippen LogP contribution in [0.4, 0.5) is 18.9 Å². The first-order valence-electron chi connectivity index (χ1n) is 6.67. The zero-order valence-electron chi connectivity index (χ0n) is 11.2. The van der Waals surface area contributed by atoms with Crippen LogP contribution in [0.5, 0.6) is 0 Å². The molecule has 1 aliphatic rings. The van der Waals surface area contributed by atoms with Crippen molar-refractivity contribution in [2.75, 3.05) is 25.5 Å². The van der Waals surface area contributed by atoms with Crippen LogP contribution in [-0.4, -0.2) is 36.9 Å². The molecule has 1 aliphatic carbocycles. The van der Waals surface area contributed by atoms with Crippen LogP contribution in [0, 0.1) is 0 Å². The molecule has 20 heavy (non-hydrogen) atoms. The fourth-order valence-electron chi connectivity index (χ4n) is 2.10. The average molecular weight is 288 g/mol. The second kappa shape index (κ2) is 6.45. The number of para-hydroxylation sites is 1. The normalized spacial score (nSPS) is 15.8. The van der Waals surface area contributed by atoms with Crippen molar-refractivity contribution in [3.63, 3.8) is 0 Å². The SMILES string of the molecule is Nc1ccccc1CN(CCOCC(F)(F)F)C1CC1. The zero-order valence-corrected chi connectivity index (χ0v) is 11.2. The standard InChI is InChI=1S/C14H19F3N2O/c15-14(16,17)10-20-8-7-19(12-5-6-12)9-11-3-1-2-4-13(11)18/h1-4,12H,5-10,18H2. The van der Waals surface area contributed by atoms with Crippen LogP contribution in [0.3, 0.4) is 0 Å². The molecule has 2 N–H and O–H groups in total. The van der Waals surface area contributed by atoms with Crippen LogP contribution in [0.1, 0.15) is 18.4 Å². The van der Waals surface area contributed by atoms with E-state index in [2.05, 4.69) is 9.64 Å². The molecule has 0 heterocycles. The molecular weight excluding hydrogens is 269 g/mol. The smallest absolute Gasteiger partial charge is 0.398 e. The number of nitrogen functional groups attached to an aromatic ring is 1. The average Bonchev–Trinajstić information content (AvgIpc) is 3.18. The maximum atomic E-state index is 12.0. The molecule has 0 amide bonds. The molecule has 0 unspecified atom stereocenters. The predicted octanol–water partition coefficient (Wildman–Crippen LogP) is 2.81. The molecule has 6 heteroatoms. The van der Waals surface area contributed by atoms with Gasteiger partial charge in [0.05, 0.1) is 6.61 Å². The number of hydrogen-bond acceptors (Lipinski definition) is 3. The van der Waals surface area contributed by atoms with Gasteiger partial charge in [0.25, 0.3) is 0 Å². The topological polar surface area (TPSA) is 38.5 Å². The van der Waals surface area contributed by atoms with Gasteiger partial charge in [-0.05, 0) is 24.5 Å². The van der Waals surface area contributed by atoms with Gasteiger partial charge in [-0.3, -0.25) is 4.90 Å². The van der Waals surface area contributed by atoms with E-state index in [1.165, 1.54) is 0 Å². The van der Waals surface area contributed by atoms with Crippen molar-refractivity contribution in [1.82, 2.24) is 4.90 Å². The number of nitrogens with two attached hydrogens (primary N) is 1. The second-order valence-corrected chi connectivity index (χ2v) is 5.07. The van der Waals surface area contributed by atoms with Gasteiger partial charge >= 0.3 is 6.18 Å². The summed E-state index contributed by atoms with van der Waals surface area (Å²) in [5.41, 5.74) is 7.62. The first-order valence-corrected chi connectivity index (χ1v) is 6.67. The first-order chi connectivity index (χ1) is 9.46. The van der Waals surface area contributed by atoms with E-state index in [0.717, 1.165) is 18.4 Å². The lowest BCUT2D eigenvalue weighted by atomic mass is 10.1. The molecule has 0 radical (unpaired) electrons. The van der Waals surface area contributed by atoms with Crippen molar-refractivity contribution in [1.29, 1.82) is 0 Å². The molecule has 112 valence electrons. The van der Waals surface area contributed by atoms with E-state index >= 15 is 0 Å². The van der Waals surface area contributed by atoms with Gasteiger partial charge in [-0.1, -0.05) is 18.2 Å². The number of rotatable bonds is 7. The summed E-state index contributed by atoms with van der Waals surface area (Å²) in [4.78, 5) is 2.14. The summed E-state index contributed by atoms with van der Waals surface area (Å²) >= 11 is 0. The summed E-state index contributed by atoms with van der Waals surface area (Å²) in [6.45, 7) is 0.0591. The molecule has 0 aromatic heterocycles. The summed E-state index contributed by atoms with van der Waals surface area (Å²) in [5.74, 6) is 0. The monoisotopic (exact) mass is 288 g/mol. The van der Waals surface area contributed by atoms with E-state index in [1.54, 1.807) is 0 Å². The van der Waals surface area contributed by atoms with E-state index < -0.39 is 12.8 Å². The van der Waals surface area contributed by atoms with E-state index in [0.29, 0.717) is 24.8 Å². The number of halogens is 3. The van der Waals surface area contributed by atoms with Crippen LogP contribution >= 0.6 is 0 Å². The molecule has 3 nitrogen and oxygen atoms in total. The lowest BCUT2D eigenvalue weighted by Crippen LogP contribution is -2.31. The van der Waals surface area contributed by atoms with Crippen molar-refractivity contribution in [3.05, 3.63) is 29.8 Å². The Morgan fingerprint density at radius 3 is 2.55 bits per heavy atom. The van der Waals surface area contributed by atoms with Crippen LogP contribution in [0.25, 0.3) is 0 Å².